The summed E-state index contributed by atoms with van der Waals surface area (Å²) in [5, 5.41) is 2.27. The van der Waals surface area contributed by atoms with E-state index in [1.54, 1.807) is 0 Å². The highest BCUT2D eigenvalue weighted by Gasteiger charge is 2.38. The van der Waals surface area contributed by atoms with Gasteiger partial charge in [0.2, 0.25) is 0 Å². The highest BCUT2D eigenvalue weighted by atomic mass is 32.1. The van der Waals surface area contributed by atoms with Gasteiger partial charge in [-0.2, -0.15) is 0 Å². The molecule has 0 bridgehead atoms. The van der Waals surface area contributed by atoms with E-state index in [1.165, 1.54) is 17.4 Å². The lowest BCUT2D eigenvalue weighted by atomic mass is 10.0. The van der Waals surface area contributed by atoms with Gasteiger partial charge in [-0.05, 0) is 57.0 Å². The number of barbiturate groups is 1. The molecule has 0 unspecified atom stereocenters. The molecular weight excluding hydrogens is 336 g/mol. The summed E-state index contributed by atoms with van der Waals surface area (Å²) in [5.74, 6) is -1.27. The molecule has 1 aliphatic rings. The highest BCUT2D eigenvalue weighted by molar-refractivity contribution is 7.12. The lowest BCUT2D eigenvalue weighted by molar-refractivity contribution is -0.122. The molecule has 1 fully saturated rings. The van der Waals surface area contributed by atoms with E-state index in [0.29, 0.717) is 5.69 Å². The van der Waals surface area contributed by atoms with Crippen molar-refractivity contribution in [3.05, 3.63) is 56.3 Å². The molecule has 128 valence electrons. The molecule has 0 spiro atoms. The fourth-order valence-corrected chi connectivity index (χ4v) is 3.88. The summed E-state index contributed by atoms with van der Waals surface area (Å²) >= 11 is 1.48. The molecule has 1 aromatic carbocycles. The van der Waals surface area contributed by atoms with E-state index in [2.05, 4.69) is 5.32 Å². The van der Waals surface area contributed by atoms with Crippen LogP contribution in [0.3, 0.4) is 0 Å². The van der Waals surface area contributed by atoms with Crippen LogP contribution >= 0.6 is 11.3 Å². The fourth-order valence-electron chi connectivity index (χ4n) is 3.06. The number of thiophene rings is 1. The van der Waals surface area contributed by atoms with E-state index in [4.69, 9.17) is 0 Å². The molecule has 4 amide bonds. The second-order valence-corrected chi connectivity index (χ2v) is 7.47. The molecular formula is C19H18N2O3S. The van der Waals surface area contributed by atoms with Gasteiger partial charge < -0.3 is 0 Å². The zero-order valence-corrected chi connectivity index (χ0v) is 15.3. The van der Waals surface area contributed by atoms with Crippen molar-refractivity contribution in [2.75, 3.05) is 4.90 Å². The Morgan fingerprint density at radius 2 is 1.64 bits per heavy atom. The van der Waals surface area contributed by atoms with Gasteiger partial charge in [0.25, 0.3) is 11.8 Å². The van der Waals surface area contributed by atoms with Crippen molar-refractivity contribution < 1.29 is 14.4 Å². The third-order valence-corrected chi connectivity index (χ3v) is 4.96. The maximum absolute atomic E-state index is 12.9. The molecule has 5 nitrogen and oxygen atoms in total. The molecule has 1 aromatic heterocycles. The Hall–Kier alpha value is -2.73. The van der Waals surface area contributed by atoms with Crippen LogP contribution in [0.5, 0.6) is 0 Å². The molecule has 0 aliphatic carbocycles. The number of nitrogens with zero attached hydrogens (tertiary/aromatic N) is 1. The van der Waals surface area contributed by atoms with Crippen LogP contribution < -0.4 is 10.2 Å². The molecule has 0 radical (unpaired) electrons. The number of urea groups is 1. The first-order valence-corrected chi connectivity index (χ1v) is 8.65. The lowest BCUT2D eigenvalue weighted by Gasteiger charge is -2.29. The van der Waals surface area contributed by atoms with Crippen molar-refractivity contribution in [1.29, 1.82) is 0 Å². The number of aryl methyl sites for hydroxylation is 4. The Labute approximate surface area is 150 Å². The van der Waals surface area contributed by atoms with E-state index in [9.17, 15) is 14.4 Å². The van der Waals surface area contributed by atoms with E-state index in [1.807, 2.05) is 52.0 Å². The van der Waals surface area contributed by atoms with Gasteiger partial charge in [-0.25, -0.2) is 9.69 Å². The van der Waals surface area contributed by atoms with Crippen LogP contribution in [-0.2, 0) is 9.59 Å². The topological polar surface area (TPSA) is 66.5 Å². The third kappa shape index (κ3) is 3.13. The maximum atomic E-state index is 12.9. The zero-order valence-electron chi connectivity index (χ0n) is 14.5. The van der Waals surface area contributed by atoms with E-state index < -0.39 is 17.8 Å². The van der Waals surface area contributed by atoms with Gasteiger partial charge in [-0.3, -0.25) is 14.9 Å². The third-order valence-electron chi connectivity index (χ3n) is 4.01. The van der Waals surface area contributed by atoms with Crippen molar-refractivity contribution >= 4 is 40.9 Å². The normalized spacial score (nSPS) is 16.6. The second-order valence-electron chi connectivity index (χ2n) is 6.15. The van der Waals surface area contributed by atoms with Crippen molar-refractivity contribution in [3.8, 4) is 0 Å². The fraction of sp³-hybridized carbons (Fsp3) is 0.211. The molecule has 1 N–H and O–H groups in total. The number of anilines is 1. The van der Waals surface area contributed by atoms with Crippen LogP contribution in [0.2, 0.25) is 0 Å². The van der Waals surface area contributed by atoms with Crippen LogP contribution in [0, 0.1) is 27.7 Å². The number of carbonyl (C=O) groups excluding carboxylic acids is 3. The summed E-state index contributed by atoms with van der Waals surface area (Å²) < 4.78 is 0. The molecule has 6 heteroatoms. The van der Waals surface area contributed by atoms with Crippen LogP contribution in [-0.4, -0.2) is 17.8 Å². The summed E-state index contributed by atoms with van der Waals surface area (Å²) in [7, 11) is 0. The van der Waals surface area contributed by atoms with Crippen molar-refractivity contribution in [3.63, 3.8) is 0 Å². The standard InChI is InChI=1S/C19H18N2O3S/c1-10-7-11(2)16(12(3)8-10)21-18(23)15(17(22)20-19(21)24)9-14-6-5-13(4)25-14/h5-9H,1-4H3,(H,20,22,24). The number of amides is 4. The molecule has 2 heterocycles. The largest absolute Gasteiger partial charge is 0.335 e. The Morgan fingerprint density at radius 3 is 2.20 bits per heavy atom. The Kier molecular flexibility index (Phi) is 4.30. The number of benzene rings is 1. The van der Waals surface area contributed by atoms with Gasteiger partial charge in [-0.15, -0.1) is 11.3 Å². The van der Waals surface area contributed by atoms with E-state index in [-0.39, 0.29) is 5.57 Å². The Morgan fingerprint density at radius 1 is 1.00 bits per heavy atom. The summed E-state index contributed by atoms with van der Waals surface area (Å²) in [4.78, 5) is 40.4. The van der Waals surface area contributed by atoms with Gasteiger partial charge in [0.1, 0.15) is 5.57 Å². The van der Waals surface area contributed by atoms with Gasteiger partial charge in [0, 0.05) is 9.75 Å². The van der Waals surface area contributed by atoms with Gasteiger partial charge in [0.15, 0.2) is 0 Å². The van der Waals surface area contributed by atoms with Crippen LogP contribution in [0.25, 0.3) is 6.08 Å². The first-order valence-electron chi connectivity index (χ1n) is 7.83. The Bertz CT molecular complexity index is 917. The summed E-state index contributed by atoms with van der Waals surface area (Å²) in [6.07, 6.45) is 1.54. The average Bonchev–Trinajstić information content (AvgIpc) is 2.91. The quantitative estimate of drug-likeness (QED) is 0.661. The van der Waals surface area contributed by atoms with Gasteiger partial charge in [0.05, 0.1) is 5.69 Å². The number of nitrogens with one attached hydrogen (secondary N) is 1. The molecule has 0 saturated carbocycles. The van der Waals surface area contributed by atoms with Crippen LogP contribution in [0.15, 0.2) is 29.8 Å². The minimum atomic E-state index is -0.718. The number of hydrogen-bond donors (Lipinski definition) is 1. The van der Waals surface area contributed by atoms with Crippen LogP contribution in [0.1, 0.15) is 26.4 Å². The molecule has 1 saturated heterocycles. The predicted octanol–water partition coefficient (Wildman–Crippen LogP) is 3.65. The SMILES string of the molecule is Cc1cc(C)c(N2C(=O)NC(=O)C(=Cc3ccc(C)s3)C2=O)c(C)c1. The molecule has 1 aliphatic heterocycles. The molecule has 3 rings (SSSR count). The number of imide groups is 2. The van der Waals surface area contributed by atoms with E-state index >= 15 is 0 Å². The zero-order chi connectivity index (χ0) is 18.3. The smallest absolute Gasteiger partial charge is 0.273 e. The summed E-state index contributed by atoms with van der Waals surface area (Å²) in [6.45, 7) is 7.59. The van der Waals surface area contributed by atoms with E-state index in [0.717, 1.165) is 31.3 Å². The summed E-state index contributed by atoms with van der Waals surface area (Å²) in [6, 6.07) is 6.86. The Balaban J connectivity index is 2.09. The first kappa shape index (κ1) is 17.1. The number of carbonyl (C=O) groups is 3. The van der Waals surface area contributed by atoms with Crippen molar-refractivity contribution in [1.82, 2.24) is 5.32 Å². The minimum absolute atomic E-state index is 0.0409. The summed E-state index contributed by atoms with van der Waals surface area (Å²) in [5.41, 5.74) is 3.14. The second kappa shape index (κ2) is 6.29. The first-order chi connectivity index (χ1) is 11.8. The number of hydrogen-bond acceptors (Lipinski definition) is 4. The average molecular weight is 354 g/mol. The number of rotatable bonds is 2. The van der Waals surface area contributed by atoms with Crippen molar-refractivity contribution in [2.45, 2.75) is 27.7 Å². The monoisotopic (exact) mass is 354 g/mol. The highest BCUT2D eigenvalue weighted by Crippen LogP contribution is 2.30. The maximum Gasteiger partial charge on any atom is 0.335 e. The molecule has 25 heavy (non-hydrogen) atoms. The predicted molar refractivity (Wildman–Crippen MR) is 98.7 cm³/mol. The van der Waals surface area contributed by atoms with Crippen LogP contribution in [0.4, 0.5) is 10.5 Å². The van der Waals surface area contributed by atoms with Crippen molar-refractivity contribution in [2.24, 2.45) is 0 Å². The molecule has 2 aromatic rings. The lowest BCUT2D eigenvalue weighted by Crippen LogP contribution is -2.54. The molecule has 0 atom stereocenters. The minimum Gasteiger partial charge on any atom is -0.273 e. The van der Waals surface area contributed by atoms with Gasteiger partial charge in [-0.1, -0.05) is 17.7 Å². The van der Waals surface area contributed by atoms with Gasteiger partial charge >= 0.3 is 6.03 Å².